The van der Waals surface area contributed by atoms with E-state index in [-0.39, 0.29) is 59.1 Å². The van der Waals surface area contributed by atoms with Crippen LogP contribution in [0.15, 0.2) is 91.0 Å². The van der Waals surface area contributed by atoms with Gasteiger partial charge in [-0.2, -0.15) is 0 Å². The minimum absolute atomic E-state index is 0. The molecule has 0 amide bonds. The molecule has 3 aromatic rings. The van der Waals surface area contributed by atoms with Crippen molar-refractivity contribution >= 4 is 82.2 Å². The van der Waals surface area contributed by atoms with Gasteiger partial charge in [0.05, 0.1) is 0 Å². The average Bonchev–Trinajstić information content (AvgIpc) is 2.56. The fourth-order valence-electron chi connectivity index (χ4n) is 2.36. The Kier molecular flexibility index (Phi) is 8.38. The standard InChI is InChI=1S/C18H15OP.2Na.2H/c19-20(16-10-4-1-5-11-16,17-12-6-2-7-13-17)18-14-8-3-9-15-18;;;;/h1-15H;;;;. The van der Waals surface area contributed by atoms with Crippen molar-refractivity contribution in [2.45, 2.75) is 0 Å². The Balaban J connectivity index is 0.00000121. The first-order chi connectivity index (χ1) is 9.82. The minimum atomic E-state index is -2.78. The summed E-state index contributed by atoms with van der Waals surface area (Å²) in [6, 6.07) is 29.1. The van der Waals surface area contributed by atoms with Gasteiger partial charge in [-0.3, -0.25) is 0 Å². The quantitative estimate of drug-likeness (QED) is 0.532. The van der Waals surface area contributed by atoms with Crippen molar-refractivity contribution in [3.63, 3.8) is 0 Å². The van der Waals surface area contributed by atoms with E-state index < -0.39 is 7.14 Å². The molecule has 0 atom stereocenters. The predicted molar refractivity (Wildman–Crippen MR) is 100 cm³/mol. The molecule has 0 unspecified atom stereocenters. The Bertz CT molecular complexity index is 627. The van der Waals surface area contributed by atoms with Gasteiger partial charge in [0.25, 0.3) is 0 Å². The Morgan fingerprint density at radius 1 is 0.455 bits per heavy atom. The first kappa shape index (κ1) is 19.9. The number of hydrogen-bond acceptors (Lipinski definition) is 1. The molecule has 0 aliphatic rings. The Labute approximate surface area is 176 Å². The molecule has 1 nitrogen and oxygen atoms in total. The van der Waals surface area contributed by atoms with Crippen LogP contribution in [-0.2, 0) is 4.57 Å². The van der Waals surface area contributed by atoms with Crippen LogP contribution in [-0.4, -0.2) is 59.1 Å². The Morgan fingerprint density at radius 3 is 0.909 bits per heavy atom. The van der Waals surface area contributed by atoms with Crippen molar-refractivity contribution in [1.82, 2.24) is 0 Å². The van der Waals surface area contributed by atoms with Gasteiger partial charge >= 0.3 is 59.1 Å². The molecule has 3 rings (SSSR count). The molecule has 0 bridgehead atoms. The maximum atomic E-state index is 13.8. The van der Waals surface area contributed by atoms with Gasteiger partial charge in [0.15, 0.2) is 7.14 Å². The van der Waals surface area contributed by atoms with E-state index in [0.29, 0.717) is 0 Å². The van der Waals surface area contributed by atoms with Crippen LogP contribution in [0.4, 0.5) is 0 Å². The number of hydrogen-bond donors (Lipinski definition) is 0. The molecule has 0 saturated heterocycles. The van der Waals surface area contributed by atoms with E-state index in [9.17, 15) is 4.57 Å². The van der Waals surface area contributed by atoms with Crippen LogP contribution in [0.25, 0.3) is 0 Å². The maximum absolute atomic E-state index is 13.8. The summed E-state index contributed by atoms with van der Waals surface area (Å²) in [6.45, 7) is 0. The van der Waals surface area contributed by atoms with Crippen LogP contribution in [0.5, 0.6) is 0 Å². The van der Waals surface area contributed by atoms with Gasteiger partial charge in [-0.05, 0) is 0 Å². The van der Waals surface area contributed by atoms with Crippen molar-refractivity contribution in [2.24, 2.45) is 0 Å². The zero-order chi connectivity index (χ0) is 13.8. The van der Waals surface area contributed by atoms with Crippen LogP contribution in [0, 0.1) is 0 Å². The molecular weight excluding hydrogens is 309 g/mol. The predicted octanol–water partition coefficient (Wildman–Crippen LogP) is 2.03. The van der Waals surface area contributed by atoms with Crippen LogP contribution in [0.1, 0.15) is 0 Å². The molecule has 0 saturated carbocycles. The summed E-state index contributed by atoms with van der Waals surface area (Å²) < 4.78 is 13.8. The molecular formula is C18H17Na2OP. The van der Waals surface area contributed by atoms with Gasteiger partial charge in [0, 0.05) is 15.9 Å². The summed E-state index contributed by atoms with van der Waals surface area (Å²) in [5, 5.41) is 2.62. The second-order valence-electron chi connectivity index (χ2n) is 4.62. The number of rotatable bonds is 3. The molecule has 0 aliphatic heterocycles. The molecule has 4 heteroatoms. The zero-order valence-electron chi connectivity index (χ0n) is 11.0. The fraction of sp³-hybridized carbons (Fsp3) is 0. The molecule has 0 fully saturated rings. The van der Waals surface area contributed by atoms with E-state index in [0.717, 1.165) is 15.9 Å². The first-order valence-corrected chi connectivity index (χ1v) is 8.29. The first-order valence-electron chi connectivity index (χ1n) is 6.59. The summed E-state index contributed by atoms with van der Waals surface area (Å²) in [7, 11) is -2.78. The SMILES string of the molecule is O=P(c1ccccc1)(c1ccccc1)c1ccccc1.[NaH].[NaH]. The van der Waals surface area contributed by atoms with E-state index >= 15 is 0 Å². The normalized spacial score (nSPS) is 10.2. The zero-order valence-corrected chi connectivity index (χ0v) is 11.9. The Hall–Kier alpha value is -0.110. The van der Waals surface area contributed by atoms with Crippen molar-refractivity contribution in [2.75, 3.05) is 0 Å². The second-order valence-corrected chi connectivity index (χ2v) is 7.38. The number of benzene rings is 3. The molecule has 22 heavy (non-hydrogen) atoms. The molecule has 0 aliphatic carbocycles. The molecule has 0 radical (unpaired) electrons. The third-order valence-electron chi connectivity index (χ3n) is 3.36. The van der Waals surface area contributed by atoms with E-state index in [1.54, 1.807) is 0 Å². The monoisotopic (exact) mass is 326 g/mol. The van der Waals surface area contributed by atoms with Gasteiger partial charge in [-0.15, -0.1) is 0 Å². The molecule has 102 valence electrons. The van der Waals surface area contributed by atoms with Crippen LogP contribution >= 0.6 is 7.14 Å². The summed E-state index contributed by atoms with van der Waals surface area (Å²) in [4.78, 5) is 0. The van der Waals surface area contributed by atoms with Gasteiger partial charge in [0.2, 0.25) is 0 Å². The topological polar surface area (TPSA) is 17.1 Å². The Morgan fingerprint density at radius 2 is 0.682 bits per heavy atom. The molecule has 3 aromatic carbocycles. The molecule has 0 spiro atoms. The van der Waals surface area contributed by atoms with Crippen molar-refractivity contribution in [3.8, 4) is 0 Å². The van der Waals surface area contributed by atoms with Crippen LogP contribution in [0.3, 0.4) is 0 Å². The van der Waals surface area contributed by atoms with Gasteiger partial charge in [-0.1, -0.05) is 91.0 Å². The van der Waals surface area contributed by atoms with E-state index in [1.165, 1.54) is 0 Å². The molecule has 0 N–H and O–H groups in total. The summed E-state index contributed by atoms with van der Waals surface area (Å²) in [5.41, 5.74) is 0. The summed E-state index contributed by atoms with van der Waals surface area (Å²) in [6.07, 6.45) is 0. The fourth-order valence-corrected chi connectivity index (χ4v) is 5.03. The van der Waals surface area contributed by atoms with Gasteiger partial charge < -0.3 is 4.57 Å². The van der Waals surface area contributed by atoms with Gasteiger partial charge in [0.1, 0.15) is 0 Å². The van der Waals surface area contributed by atoms with Crippen molar-refractivity contribution in [1.29, 1.82) is 0 Å². The van der Waals surface area contributed by atoms with Crippen LogP contribution in [0.2, 0.25) is 0 Å². The van der Waals surface area contributed by atoms with E-state index in [1.807, 2.05) is 91.0 Å². The van der Waals surface area contributed by atoms with E-state index in [4.69, 9.17) is 0 Å². The van der Waals surface area contributed by atoms with Crippen molar-refractivity contribution in [3.05, 3.63) is 91.0 Å². The van der Waals surface area contributed by atoms with Crippen molar-refractivity contribution < 1.29 is 4.57 Å². The van der Waals surface area contributed by atoms with E-state index in [2.05, 4.69) is 0 Å². The summed E-state index contributed by atoms with van der Waals surface area (Å²) in [5.74, 6) is 0. The third kappa shape index (κ3) is 4.04. The molecule has 0 aromatic heterocycles. The van der Waals surface area contributed by atoms with Gasteiger partial charge in [-0.25, -0.2) is 0 Å². The summed E-state index contributed by atoms with van der Waals surface area (Å²) >= 11 is 0. The van der Waals surface area contributed by atoms with Crippen LogP contribution < -0.4 is 15.9 Å². The third-order valence-corrected chi connectivity index (χ3v) is 6.44. The molecule has 0 heterocycles. The average molecular weight is 326 g/mol. The second kappa shape index (κ2) is 9.25.